The lowest BCUT2D eigenvalue weighted by Crippen LogP contribution is -2.25. The van der Waals surface area contributed by atoms with E-state index in [1.54, 1.807) is 23.7 Å². The number of halogens is 1. The first-order valence-electron chi connectivity index (χ1n) is 7.99. The molecule has 0 fully saturated rings. The number of nitrogens with one attached hydrogen (secondary N) is 1. The van der Waals surface area contributed by atoms with Gasteiger partial charge in [-0.05, 0) is 56.9 Å². The fourth-order valence-electron chi connectivity index (χ4n) is 2.94. The Morgan fingerprint density at radius 3 is 2.74 bits per heavy atom. The quantitative estimate of drug-likeness (QED) is 0.697. The number of benzene rings is 1. The van der Waals surface area contributed by atoms with Gasteiger partial charge in [-0.2, -0.15) is 5.10 Å². The van der Waals surface area contributed by atoms with Crippen LogP contribution < -0.4 is 5.48 Å². The molecular formula is C17H20FN3O2. The largest absolute Gasteiger partial charge is 0.295 e. The molecule has 1 aromatic heterocycles. The maximum absolute atomic E-state index is 13.2. The standard InChI is InChI=1S/C17H20FN3O2/c1-2-23-20-17(22)16-14-6-4-3-5-7-15(14)21(19-16)13-10-8-12(18)9-11-13/h8-11H,2-7H2,1H3,(H,20,22). The Morgan fingerprint density at radius 1 is 1.26 bits per heavy atom. The summed E-state index contributed by atoms with van der Waals surface area (Å²) in [4.78, 5) is 17.3. The maximum Gasteiger partial charge on any atom is 0.295 e. The summed E-state index contributed by atoms with van der Waals surface area (Å²) in [7, 11) is 0. The van der Waals surface area contributed by atoms with Gasteiger partial charge in [0.15, 0.2) is 5.69 Å². The van der Waals surface area contributed by atoms with Crippen LogP contribution in [0.15, 0.2) is 24.3 Å². The lowest BCUT2D eigenvalue weighted by atomic mass is 10.1. The molecule has 1 aromatic carbocycles. The molecule has 122 valence electrons. The molecule has 1 heterocycles. The molecule has 0 saturated carbocycles. The number of hydrogen-bond acceptors (Lipinski definition) is 3. The van der Waals surface area contributed by atoms with Crippen LogP contribution in [0, 0.1) is 5.82 Å². The monoisotopic (exact) mass is 317 g/mol. The second kappa shape index (κ2) is 6.91. The highest BCUT2D eigenvalue weighted by molar-refractivity contribution is 5.93. The maximum atomic E-state index is 13.2. The first-order chi connectivity index (χ1) is 11.2. The first-order valence-corrected chi connectivity index (χ1v) is 7.99. The van der Waals surface area contributed by atoms with Crippen LogP contribution >= 0.6 is 0 Å². The molecule has 0 aliphatic heterocycles. The Balaban J connectivity index is 2.04. The zero-order valence-corrected chi connectivity index (χ0v) is 13.1. The van der Waals surface area contributed by atoms with Gasteiger partial charge in [-0.1, -0.05) is 6.42 Å². The van der Waals surface area contributed by atoms with E-state index in [1.807, 2.05) is 0 Å². The van der Waals surface area contributed by atoms with Gasteiger partial charge in [0.1, 0.15) is 5.82 Å². The van der Waals surface area contributed by atoms with Crippen molar-refractivity contribution in [1.82, 2.24) is 15.3 Å². The van der Waals surface area contributed by atoms with Crippen LogP contribution in [0.1, 0.15) is 47.9 Å². The fourth-order valence-corrected chi connectivity index (χ4v) is 2.94. The van der Waals surface area contributed by atoms with E-state index in [9.17, 15) is 9.18 Å². The summed E-state index contributed by atoms with van der Waals surface area (Å²) in [6, 6.07) is 6.16. The number of fused-ring (bicyclic) bond motifs is 1. The summed E-state index contributed by atoms with van der Waals surface area (Å²) in [5.74, 6) is -0.618. The molecule has 23 heavy (non-hydrogen) atoms. The Morgan fingerprint density at radius 2 is 2.00 bits per heavy atom. The van der Waals surface area contributed by atoms with Gasteiger partial charge in [0.05, 0.1) is 12.3 Å². The van der Waals surface area contributed by atoms with Crippen molar-refractivity contribution in [2.45, 2.75) is 39.0 Å². The van der Waals surface area contributed by atoms with Crippen molar-refractivity contribution in [3.05, 3.63) is 47.0 Å². The van der Waals surface area contributed by atoms with Gasteiger partial charge >= 0.3 is 0 Å². The third-order valence-corrected chi connectivity index (χ3v) is 4.03. The van der Waals surface area contributed by atoms with Crippen molar-refractivity contribution < 1.29 is 14.0 Å². The SMILES string of the molecule is CCONC(=O)c1nn(-c2ccc(F)cc2)c2c1CCCCC2. The molecule has 1 amide bonds. The highest BCUT2D eigenvalue weighted by Gasteiger charge is 2.24. The van der Waals surface area contributed by atoms with Gasteiger partial charge < -0.3 is 0 Å². The molecule has 5 nitrogen and oxygen atoms in total. The van der Waals surface area contributed by atoms with Crippen molar-refractivity contribution in [3.63, 3.8) is 0 Å². The molecule has 1 aliphatic carbocycles. The second-order valence-electron chi connectivity index (χ2n) is 5.59. The van der Waals surface area contributed by atoms with Crippen LogP contribution in [0.2, 0.25) is 0 Å². The number of hydroxylamine groups is 1. The van der Waals surface area contributed by atoms with E-state index in [4.69, 9.17) is 4.84 Å². The first kappa shape index (κ1) is 15.7. The van der Waals surface area contributed by atoms with Crippen molar-refractivity contribution in [2.75, 3.05) is 6.61 Å². The fraction of sp³-hybridized carbons (Fsp3) is 0.412. The number of amides is 1. The predicted molar refractivity (Wildman–Crippen MR) is 83.9 cm³/mol. The predicted octanol–water partition coefficient (Wildman–Crippen LogP) is 2.96. The lowest BCUT2D eigenvalue weighted by molar-refractivity contribution is 0.0358. The minimum Gasteiger partial charge on any atom is -0.274 e. The van der Waals surface area contributed by atoms with E-state index in [0.717, 1.165) is 49.0 Å². The van der Waals surface area contributed by atoms with Crippen molar-refractivity contribution in [3.8, 4) is 5.69 Å². The average molecular weight is 317 g/mol. The van der Waals surface area contributed by atoms with E-state index in [-0.39, 0.29) is 11.7 Å². The van der Waals surface area contributed by atoms with Crippen LogP contribution in [-0.4, -0.2) is 22.3 Å². The molecular weight excluding hydrogens is 297 g/mol. The molecule has 0 bridgehead atoms. The zero-order valence-electron chi connectivity index (χ0n) is 13.1. The van der Waals surface area contributed by atoms with Crippen LogP contribution in [0.5, 0.6) is 0 Å². The number of aromatic nitrogens is 2. The highest BCUT2D eigenvalue weighted by atomic mass is 19.1. The molecule has 3 rings (SSSR count). The normalized spacial score (nSPS) is 14.2. The summed E-state index contributed by atoms with van der Waals surface area (Å²) < 4.78 is 14.9. The Kier molecular flexibility index (Phi) is 4.71. The lowest BCUT2D eigenvalue weighted by Gasteiger charge is -2.07. The number of rotatable bonds is 4. The second-order valence-corrected chi connectivity index (χ2v) is 5.59. The van der Waals surface area contributed by atoms with E-state index in [2.05, 4.69) is 10.6 Å². The minimum atomic E-state index is -0.328. The molecule has 0 atom stereocenters. The molecule has 1 N–H and O–H groups in total. The summed E-state index contributed by atoms with van der Waals surface area (Å²) in [5, 5.41) is 4.49. The van der Waals surface area contributed by atoms with Crippen molar-refractivity contribution in [2.24, 2.45) is 0 Å². The van der Waals surface area contributed by atoms with Gasteiger partial charge in [0, 0.05) is 11.3 Å². The average Bonchev–Trinajstić information content (AvgIpc) is 2.75. The Bertz CT molecular complexity index is 695. The van der Waals surface area contributed by atoms with Gasteiger partial charge in [-0.15, -0.1) is 0 Å². The summed E-state index contributed by atoms with van der Waals surface area (Å²) in [5.41, 5.74) is 5.60. The van der Waals surface area contributed by atoms with Crippen LogP contribution in [0.4, 0.5) is 4.39 Å². The van der Waals surface area contributed by atoms with Gasteiger partial charge in [0.25, 0.3) is 5.91 Å². The number of carbonyl (C=O) groups excluding carboxylic acids is 1. The van der Waals surface area contributed by atoms with Crippen molar-refractivity contribution >= 4 is 5.91 Å². The third-order valence-electron chi connectivity index (χ3n) is 4.03. The minimum absolute atomic E-state index is 0.290. The molecule has 0 saturated heterocycles. The molecule has 0 spiro atoms. The van der Waals surface area contributed by atoms with E-state index in [0.29, 0.717) is 12.3 Å². The van der Waals surface area contributed by atoms with E-state index >= 15 is 0 Å². The van der Waals surface area contributed by atoms with Crippen LogP contribution in [0.25, 0.3) is 5.69 Å². The smallest absolute Gasteiger partial charge is 0.274 e. The molecule has 1 aliphatic rings. The number of carbonyl (C=O) groups is 1. The third kappa shape index (κ3) is 3.27. The van der Waals surface area contributed by atoms with Gasteiger partial charge in [0.2, 0.25) is 0 Å². The number of hydrogen-bond donors (Lipinski definition) is 1. The summed E-state index contributed by atoms with van der Waals surface area (Å²) in [6.07, 6.45) is 4.92. The van der Waals surface area contributed by atoms with E-state index in [1.165, 1.54) is 12.1 Å². The molecule has 6 heteroatoms. The zero-order chi connectivity index (χ0) is 16.2. The van der Waals surface area contributed by atoms with Crippen molar-refractivity contribution in [1.29, 1.82) is 0 Å². The van der Waals surface area contributed by atoms with Crippen LogP contribution in [-0.2, 0) is 17.7 Å². The summed E-state index contributed by atoms with van der Waals surface area (Å²) in [6.45, 7) is 2.20. The van der Waals surface area contributed by atoms with E-state index < -0.39 is 0 Å². The topological polar surface area (TPSA) is 56.1 Å². The Hall–Kier alpha value is -2.21. The van der Waals surface area contributed by atoms with Gasteiger partial charge in [-0.25, -0.2) is 14.6 Å². The number of nitrogens with zero attached hydrogens (tertiary/aromatic N) is 2. The van der Waals surface area contributed by atoms with Crippen LogP contribution in [0.3, 0.4) is 0 Å². The molecule has 0 radical (unpaired) electrons. The Labute approximate surface area is 134 Å². The highest BCUT2D eigenvalue weighted by Crippen LogP contribution is 2.26. The summed E-state index contributed by atoms with van der Waals surface area (Å²) >= 11 is 0. The molecule has 0 unspecified atom stereocenters. The molecule has 2 aromatic rings. The van der Waals surface area contributed by atoms with Gasteiger partial charge in [-0.3, -0.25) is 9.63 Å².